The molecule has 4 heterocycles. The second-order valence-electron chi connectivity index (χ2n) is 7.05. The average Bonchev–Trinajstić information content (AvgIpc) is 3.04. The van der Waals surface area contributed by atoms with Crippen LogP contribution in [-0.2, 0) is 6.54 Å². The minimum absolute atomic E-state index is 0.0466. The molecule has 0 radical (unpaired) electrons. The van der Waals surface area contributed by atoms with Crippen LogP contribution in [0.15, 0.2) is 53.4 Å². The molecule has 3 aromatic rings. The smallest absolute Gasteiger partial charge is 0.173 e. The molecule has 1 saturated heterocycles. The Hall–Kier alpha value is -2.45. The van der Waals surface area contributed by atoms with Gasteiger partial charge in [0.25, 0.3) is 0 Å². The van der Waals surface area contributed by atoms with Crippen LogP contribution in [0.25, 0.3) is 5.65 Å². The zero-order valence-electron chi connectivity index (χ0n) is 14.6. The van der Waals surface area contributed by atoms with Gasteiger partial charge in [-0.2, -0.15) is 9.61 Å². The molecule has 0 amide bonds. The van der Waals surface area contributed by atoms with Crippen molar-refractivity contribution in [2.75, 3.05) is 23.4 Å². The van der Waals surface area contributed by atoms with Gasteiger partial charge in [0.1, 0.15) is 11.6 Å². The van der Waals surface area contributed by atoms with Crippen LogP contribution in [0.1, 0.15) is 5.56 Å². The van der Waals surface area contributed by atoms with Crippen molar-refractivity contribution in [3.05, 3.63) is 59.0 Å². The fourth-order valence-electron chi connectivity index (χ4n) is 4.06. The Morgan fingerprint density at radius 2 is 2.26 bits per heavy atom. The Labute approximate surface area is 164 Å². The van der Waals surface area contributed by atoms with E-state index < -0.39 is 0 Å². The molecular weight excluding hydrogens is 408 g/mol. The van der Waals surface area contributed by atoms with E-state index in [9.17, 15) is 5.11 Å². The van der Waals surface area contributed by atoms with Crippen LogP contribution in [0, 0.1) is 11.8 Å². The maximum atomic E-state index is 9.90. The molecule has 2 unspecified atom stereocenters. The number of aliphatic hydroxyl groups excluding tert-OH is 1. The van der Waals surface area contributed by atoms with E-state index in [1.165, 1.54) is 5.57 Å². The fourth-order valence-corrected chi connectivity index (χ4v) is 4.40. The van der Waals surface area contributed by atoms with Crippen molar-refractivity contribution >= 4 is 33.2 Å². The van der Waals surface area contributed by atoms with Gasteiger partial charge < -0.3 is 15.3 Å². The van der Waals surface area contributed by atoms with E-state index >= 15 is 0 Å². The molecule has 7 nitrogen and oxygen atoms in total. The first-order valence-electron chi connectivity index (χ1n) is 8.90. The van der Waals surface area contributed by atoms with Crippen LogP contribution in [0.3, 0.4) is 0 Å². The van der Waals surface area contributed by atoms with Gasteiger partial charge in [-0.3, -0.25) is 4.98 Å². The zero-order valence-corrected chi connectivity index (χ0v) is 16.2. The molecule has 138 valence electrons. The minimum Gasteiger partial charge on any atom is -0.394 e. The van der Waals surface area contributed by atoms with E-state index in [-0.39, 0.29) is 12.6 Å². The van der Waals surface area contributed by atoms with Crippen molar-refractivity contribution in [2.24, 2.45) is 11.8 Å². The van der Waals surface area contributed by atoms with Crippen molar-refractivity contribution in [1.29, 1.82) is 0 Å². The first-order chi connectivity index (χ1) is 13.2. The monoisotopic (exact) mass is 426 g/mol. The molecule has 8 heteroatoms. The van der Waals surface area contributed by atoms with E-state index in [0.717, 1.165) is 33.9 Å². The van der Waals surface area contributed by atoms with Crippen molar-refractivity contribution in [3.8, 4) is 0 Å². The summed E-state index contributed by atoms with van der Waals surface area (Å²) in [5, 5.41) is 17.8. The fraction of sp³-hybridized carbons (Fsp3) is 0.316. The van der Waals surface area contributed by atoms with E-state index in [4.69, 9.17) is 4.98 Å². The van der Waals surface area contributed by atoms with Gasteiger partial charge in [0, 0.05) is 43.4 Å². The average molecular weight is 427 g/mol. The molecule has 3 atom stereocenters. The summed E-state index contributed by atoms with van der Waals surface area (Å²) in [6, 6.07) is 5.99. The molecule has 2 aliphatic rings. The van der Waals surface area contributed by atoms with Crippen LogP contribution in [0.2, 0.25) is 0 Å². The minimum atomic E-state index is 0.0466. The number of anilines is 2. The summed E-state index contributed by atoms with van der Waals surface area (Å²) in [7, 11) is 0. The van der Waals surface area contributed by atoms with E-state index in [2.05, 4.69) is 42.8 Å². The number of halogens is 1. The molecule has 0 aromatic carbocycles. The number of pyridine rings is 1. The second-order valence-corrected chi connectivity index (χ2v) is 7.91. The molecule has 5 rings (SSSR count). The van der Waals surface area contributed by atoms with Gasteiger partial charge >= 0.3 is 0 Å². The maximum absolute atomic E-state index is 9.90. The number of nitrogens with one attached hydrogen (secondary N) is 1. The quantitative estimate of drug-likeness (QED) is 0.610. The normalized spacial score (nSPS) is 23.7. The first kappa shape index (κ1) is 16.7. The van der Waals surface area contributed by atoms with Crippen molar-refractivity contribution < 1.29 is 5.11 Å². The van der Waals surface area contributed by atoms with Crippen LogP contribution >= 0.6 is 15.9 Å². The lowest BCUT2D eigenvalue weighted by molar-refractivity contribution is 0.258. The topological polar surface area (TPSA) is 78.6 Å². The summed E-state index contributed by atoms with van der Waals surface area (Å²) in [6.45, 7) is 5.71. The highest BCUT2D eigenvalue weighted by molar-refractivity contribution is 9.10. The number of piperidine rings is 1. The maximum Gasteiger partial charge on any atom is 0.173 e. The van der Waals surface area contributed by atoms with Gasteiger partial charge in [0.2, 0.25) is 0 Å². The molecule has 27 heavy (non-hydrogen) atoms. The van der Waals surface area contributed by atoms with Crippen LogP contribution in [-0.4, -0.2) is 43.9 Å². The molecule has 1 aliphatic carbocycles. The number of hydrogen-bond acceptors (Lipinski definition) is 6. The number of aliphatic hydroxyl groups is 1. The Morgan fingerprint density at radius 1 is 1.37 bits per heavy atom. The van der Waals surface area contributed by atoms with Crippen LogP contribution in [0.5, 0.6) is 0 Å². The molecule has 3 aromatic heterocycles. The lowest BCUT2D eigenvalue weighted by atomic mass is 10.2. The summed E-state index contributed by atoms with van der Waals surface area (Å²) in [6.07, 6.45) is 5.35. The van der Waals surface area contributed by atoms with Gasteiger partial charge in [0.15, 0.2) is 5.65 Å². The molecular formula is C19H19BrN6O. The van der Waals surface area contributed by atoms with Gasteiger partial charge in [-0.1, -0.05) is 18.2 Å². The summed E-state index contributed by atoms with van der Waals surface area (Å²) in [5.74, 6) is 2.55. The van der Waals surface area contributed by atoms with Crippen LogP contribution < -0.4 is 10.2 Å². The van der Waals surface area contributed by atoms with Crippen molar-refractivity contribution in [1.82, 2.24) is 19.6 Å². The van der Waals surface area contributed by atoms with E-state index in [1.807, 2.05) is 24.4 Å². The highest BCUT2D eigenvalue weighted by Gasteiger charge is 2.56. The highest BCUT2D eigenvalue weighted by Crippen LogP contribution is 2.54. The number of hydrogen-bond donors (Lipinski definition) is 2. The number of rotatable bonds is 5. The standard InChI is InChI=1S/C19H19BrN6O/c1-11-13-9-25(15(10-27)18(11)13)17-5-16(22-7-12-3-2-4-21-6-12)26-19(24-17)14(20)8-23-26/h2-6,8,13,15,18,22,27H,1,7,9-10H2/t13?,15-,18?/m1/s1. The Balaban J connectivity index is 1.50. The molecule has 0 spiro atoms. The van der Waals surface area contributed by atoms with Gasteiger partial charge in [-0.15, -0.1) is 0 Å². The third-order valence-electron chi connectivity index (χ3n) is 5.53. The molecule has 1 saturated carbocycles. The number of aromatic nitrogens is 4. The Kier molecular flexibility index (Phi) is 3.91. The van der Waals surface area contributed by atoms with Gasteiger partial charge in [-0.25, -0.2) is 4.98 Å². The van der Waals surface area contributed by atoms with E-state index in [0.29, 0.717) is 18.4 Å². The van der Waals surface area contributed by atoms with Gasteiger partial charge in [-0.05, 0) is 27.6 Å². The highest BCUT2D eigenvalue weighted by atomic mass is 79.9. The lowest BCUT2D eigenvalue weighted by Gasteiger charge is -2.28. The second kappa shape index (κ2) is 6.31. The number of fused-ring (bicyclic) bond motifs is 2. The Bertz CT molecular complexity index is 1020. The molecule has 0 bridgehead atoms. The first-order valence-corrected chi connectivity index (χ1v) is 9.70. The summed E-state index contributed by atoms with van der Waals surface area (Å²) in [4.78, 5) is 11.1. The van der Waals surface area contributed by atoms with Crippen LogP contribution in [0.4, 0.5) is 11.6 Å². The third kappa shape index (κ3) is 2.71. The summed E-state index contributed by atoms with van der Waals surface area (Å²) < 4.78 is 2.62. The molecule has 1 aliphatic heterocycles. The lowest BCUT2D eigenvalue weighted by Crippen LogP contribution is -2.37. The zero-order chi connectivity index (χ0) is 18.5. The SMILES string of the molecule is C=C1C2CN(c3cc(NCc4cccnc4)n4ncc(Br)c4n3)[C@H](CO)C12. The van der Waals surface area contributed by atoms with Gasteiger partial charge in [0.05, 0.1) is 23.3 Å². The predicted octanol–water partition coefficient (Wildman–Crippen LogP) is 2.48. The van der Waals surface area contributed by atoms with Crippen molar-refractivity contribution in [3.63, 3.8) is 0 Å². The van der Waals surface area contributed by atoms with E-state index in [1.54, 1.807) is 16.9 Å². The summed E-state index contributed by atoms with van der Waals surface area (Å²) >= 11 is 3.54. The predicted molar refractivity (Wildman–Crippen MR) is 107 cm³/mol. The molecule has 2 N–H and O–H groups in total. The Morgan fingerprint density at radius 3 is 3.04 bits per heavy atom. The summed E-state index contributed by atoms with van der Waals surface area (Å²) in [5.41, 5.74) is 3.09. The largest absolute Gasteiger partial charge is 0.394 e. The molecule has 2 fully saturated rings. The number of nitrogens with zero attached hydrogens (tertiary/aromatic N) is 5. The third-order valence-corrected chi connectivity index (χ3v) is 6.09. The van der Waals surface area contributed by atoms with Crippen molar-refractivity contribution in [2.45, 2.75) is 12.6 Å².